The van der Waals surface area contributed by atoms with Crippen molar-refractivity contribution in [1.82, 2.24) is 5.32 Å². The highest BCUT2D eigenvalue weighted by Crippen LogP contribution is 2.35. The average molecular weight is 500 g/mol. The Balaban J connectivity index is 0.00000146. The minimum Gasteiger partial charge on any atom is -0.350 e. The Kier molecular flexibility index (Phi) is 9.43. The number of fused-ring (bicyclic) bond motifs is 1. The summed E-state index contributed by atoms with van der Waals surface area (Å²) in [5.41, 5.74) is 1.32. The van der Waals surface area contributed by atoms with Crippen molar-refractivity contribution in [3.8, 4) is 11.1 Å². The lowest BCUT2D eigenvalue weighted by Crippen LogP contribution is -2.29. The molecule has 162 valence electrons. The van der Waals surface area contributed by atoms with Crippen LogP contribution in [-0.2, 0) is 6.18 Å². The van der Waals surface area contributed by atoms with Crippen LogP contribution in [0.15, 0.2) is 59.1 Å². The Labute approximate surface area is 190 Å². The van der Waals surface area contributed by atoms with Crippen molar-refractivity contribution in [2.24, 2.45) is 0 Å². The van der Waals surface area contributed by atoms with Gasteiger partial charge in [-0.3, -0.25) is 4.79 Å². The van der Waals surface area contributed by atoms with Gasteiger partial charge in [0.15, 0.2) is 0 Å². The van der Waals surface area contributed by atoms with Crippen LogP contribution >= 0.6 is 29.4 Å². The van der Waals surface area contributed by atoms with Gasteiger partial charge in [-0.15, -0.1) is 0 Å². The fourth-order valence-electron chi connectivity index (χ4n) is 2.90. The molecular formula is C23H25BrF3NOS. The van der Waals surface area contributed by atoms with Gasteiger partial charge in [-0.05, 0) is 72.1 Å². The number of carbonyl (C=O) groups is 1. The Bertz CT molecular complexity index is 1000. The summed E-state index contributed by atoms with van der Waals surface area (Å²) < 4.78 is 39.2. The molecule has 0 spiro atoms. The second-order valence-corrected chi connectivity index (χ2v) is 7.51. The highest BCUT2D eigenvalue weighted by molar-refractivity contribution is 9.10. The molecule has 1 amide bonds. The average Bonchev–Trinajstić information content (AvgIpc) is 2.67. The van der Waals surface area contributed by atoms with Crippen molar-refractivity contribution < 1.29 is 18.0 Å². The van der Waals surface area contributed by atoms with Crippen LogP contribution in [0.2, 0.25) is 0 Å². The fraction of sp³-hybridized carbons (Fsp3) is 0.261. The van der Waals surface area contributed by atoms with E-state index in [1.54, 1.807) is 12.1 Å². The number of amides is 1. The monoisotopic (exact) mass is 499 g/mol. The molecular weight excluding hydrogens is 475 g/mol. The molecule has 0 radical (unpaired) electrons. The van der Waals surface area contributed by atoms with Gasteiger partial charge in [0.25, 0.3) is 5.91 Å². The van der Waals surface area contributed by atoms with Gasteiger partial charge in [-0.1, -0.05) is 48.0 Å². The standard InChI is InChI=1S/C21H17BrF3NO.C2H6.H2S/c1-12(2)26-20(27)14-5-8-18-15(9-14)10-17(22)11-19(18)13-3-6-16(7-4-13)21(23,24)25;1-2;/h3-12H,1-2H3,(H,26,27);1-2H3;1H2. The van der Waals surface area contributed by atoms with Crippen molar-refractivity contribution in [1.29, 1.82) is 0 Å². The van der Waals surface area contributed by atoms with Gasteiger partial charge >= 0.3 is 6.18 Å². The number of rotatable bonds is 3. The molecule has 0 unspecified atom stereocenters. The highest BCUT2D eigenvalue weighted by atomic mass is 79.9. The number of carbonyl (C=O) groups excluding carboxylic acids is 1. The normalized spacial score (nSPS) is 10.8. The van der Waals surface area contributed by atoms with Crippen molar-refractivity contribution in [2.45, 2.75) is 39.9 Å². The van der Waals surface area contributed by atoms with E-state index in [4.69, 9.17) is 0 Å². The minimum absolute atomic E-state index is 0. The van der Waals surface area contributed by atoms with Gasteiger partial charge in [0.05, 0.1) is 5.56 Å². The van der Waals surface area contributed by atoms with Crippen LogP contribution in [0.25, 0.3) is 21.9 Å². The van der Waals surface area contributed by atoms with E-state index in [1.165, 1.54) is 12.1 Å². The Morgan fingerprint density at radius 1 is 0.967 bits per heavy atom. The number of nitrogens with one attached hydrogen (secondary N) is 1. The molecule has 0 aliphatic carbocycles. The maximum Gasteiger partial charge on any atom is 0.416 e. The van der Waals surface area contributed by atoms with Gasteiger partial charge in [-0.2, -0.15) is 26.7 Å². The Hall–Kier alpha value is -1.99. The molecule has 1 N–H and O–H groups in total. The molecule has 30 heavy (non-hydrogen) atoms. The molecule has 0 aromatic heterocycles. The summed E-state index contributed by atoms with van der Waals surface area (Å²) >= 11 is 3.45. The predicted octanol–water partition coefficient (Wildman–Crippen LogP) is 7.57. The molecule has 7 heteroatoms. The summed E-state index contributed by atoms with van der Waals surface area (Å²) in [5.74, 6) is -0.164. The lowest BCUT2D eigenvalue weighted by molar-refractivity contribution is -0.137. The first-order valence-corrected chi connectivity index (χ1v) is 10.2. The molecule has 0 saturated carbocycles. The highest BCUT2D eigenvalue weighted by Gasteiger charge is 2.30. The van der Waals surface area contributed by atoms with Gasteiger partial charge in [0.1, 0.15) is 0 Å². The number of alkyl halides is 3. The van der Waals surface area contributed by atoms with Crippen LogP contribution in [0, 0.1) is 0 Å². The molecule has 0 bridgehead atoms. The predicted molar refractivity (Wildman–Crippen MR) is 126 cm³/mol. The van der Waals surface area contributed by atoms with Crippen LogP contribution in [0.4, 0.5) is 13.2 Å². The van der Waals surface area contributed by atoms with Gasteiger partial charge in [0, 0.05) is 16.1 Å². The van der Waals surface area contributed by atoms with Crippen molar-refractivity contribution >= 4 is 46.1 Å². The summed E-state index contributed by atoms with van der Waals surface area (Å²) in [4.78, 5) is 12.2. The van der Waals surface area contributed by atoms with E-state index in [0.29, 0.717) is 11.1 Å². The number of halogens is 4. The SMILES string of the molecule is CC.CC(C)NC(=O)c1ccc2c(-c3ccc(C(F)(F)F)cc3)cc(Br)cc2c1.S. The van der Waals surface area contributed by atoms with Crippen LogP contribution in [0.1, 0.15) is 43.6 Å². The molecule has 0 aliphatic rings. The zero-order valence-electron chi connectivity index (χ0n) is 17.2. The molecule has 0 fully saturated rings. The summed E-state index contributed by atoms with van der Waals surface area (Å²) in [6, 6.07) is 14.2. The fourth-order valence-corrected chi connectivity index (χ4v) is 3.37. The molecule has 3 aromatic carbocycles. The molecule has 2 nitrogen and oxygen atoms in total. The maximum absolute atomic E-state index is 12.8. The third-order valence-electron chi connectivity index (χ3n) is 4.12. The molecule has 3 aromatic rings. The van der Waals surface area contributed by atoms with Gasteiger partial charge < -0.3 is 5.32 Å². The smallest absolute Gasteiger partial charge is 0.350 e. The van der Waals surface area contributed by atoms with Crippen LogP contribution in [-0.4, -0.2) is 11.9 Å². The second kappa shape index (κ2) is 10.9. The third kappa shape index (κ3) is 6.25. The summed E-state index contributed by atoms with van der Waals surface area (Å²) in [7, 11) is 0. The van der Waals surface area contributed by atoms with E-state index in [-0.39, 0.29) is 25.4 Å². The first-order valence-electron chi connectivity index (χ1n) is 9.37. The lowest BCUT2D eigenvalue weighted by atomic mass is 9.96. The van der Waals surface area contributed by atoms with E-state index >= 15 is 0 Å². The minimum atomic E-state index is -4.36. The largest absolute Gasteiger partial charge is 0.416 e. The second-order valence-electron chi connectivity index (χ2n) is 6.59. The Morgan fingerprint density at radius 2 is 1.57 bits per heavy atom. The number of hydrogen-bond acceptors (Lipinski definition) is 1. The summed E-state index contributed by atoms with van der Waals surface area (Å²) in [5, 5.41) is 4.54. The first-order chi connectivity index (χ1) is 13.6. The Morgan fingerprint density at radius 3 is 2.10 bits per heavy atom. The van der Waals surface area contributed by atoms with E-state index in [1.807, 2.05) is 45.9 Å². The van der Waals surface area contributed by atoms with Crippen molar-refractivity contribution in [3.63, 3.8) is 0 Å². The van der Waals surface area contributed by atoms with Crippen molar-refractivity contribution in [2.75, 3.05) is 0 Å². The van der Waals surface area contributed by atoms with E-state index in [2.05, 4.69) is 21.2 Å². The van der Waals surface area contributed by atoms with E-state index in [9.17, 15) is 18.0 Å². The van der Waals surface area contributed by atoms with Gasteiger partial charge in [0.2, 0.25) is 0 Å². The molecule has 0 atom stereocenters. The topological polar surface area (TPSA) is 29.1 Å². The summed E-state index contributed by atoms with van der Waals surface area (Å²) in [6.07, 6.45) is -4.36. The van der Waals surface area contributed by atoms with Crippen molar-refractivity contribution in [3.05, 3.63) is 70.2 Å². The third-order valence-corrected chi connectivity index (χ3v) is 4.58. The first kappa shape index (κ1) is 26.0. The molecule has 3 rings (SSSR count). The molecule has 0 aliphatic heterocycles. The van der Waals surface area contributed by atoms with E-state index < -0.39 is 11.7 Å². The number of hydrogen-bond donors (Lipinski definition) is 1. The van der Waals surface area contributed by atoms with Gasteiger partial charge in [-0.25, -0.2) is 0 Å². The lowest BCUT2D eigenvalue weighted by Gasteiger charge is -2.13. The van der Waals surface area contributed by atoms with E-state index in [0.717, 1.165) is 32.9 Å². The maximum atomic E-state index is 12.8. The molecule has 0 saturated heterocycles. The summed E-state index contributed by atoms with van der Waals surface area (Å²) in [6.45, 7) is 7.77. The molecule has 0 heterocycles. The quantitative estimate of drug-likeness (QED) is 0.395. The van der Waals surface area contributed by atoms with Crippen LogP contribution in [0.3, 0.4) is 0 Å². The zero-order valence-corrected chi connectivity index (χ0v) is 19.8. The van der Waals surface area contributed by atoms with Crippen LogP contribution < -0.4 is 5.32 Å². The zero-order chi connectivity index (χ0) is 21.8. The number of benzene rings is 3. The van der Waals surface area contributed by atoms with Crippen LogP contribution in [0.5, 0.6) is 0 Å².